The number of piperidine rings is 1. The maximum Gasteiger partial charge on any atom is 0.314 e. The van der Waals surface area contributed by atoms with Crippen molar-refractivity contribution >= 4 is 27.3 Å². The summed E-state index contributed by atoms with van der Waals surface area (Å²) in [7, 11) is -3.71. The van der Waals surface area contributed by atoms with Crippen LogP contribution in [0.2, 0.25) is 5.02 Å². The van der Waals surface area contributed by atoms with Crippen LogP contribution in [0.25, 0.3) is 11.5 Å². The predicted octanol–water partition coefficient (Wildman–Crippen LogP) is 5.08. The van der Waals surface area contributed by atoms with Crippen LogP contribution in [0.15, 0.2) is 47.0 Å². The third kappa shape index (κ3) is 5.23. The van der Waals surface area contributed by atoms with Crippen molar-refractivity contribution in [3.05, 3.63) is 59.2 Å². The van der Waals surface area contributed by atoms with Crippen LogP contribution >= 0.6 is 11.6 Å². The molecule has 2 aliphatic rings. The monoisotopic (exact) mass is 537 g/mol. The van der Waals surface area contributed by atoms with Gasteiger partial charge in [0, 0.05) is 17.3 Å². The molecule has 192 valence electrons. The molecule has 12 heteroatoms. The van der Waals surface area contributed by atoms with Crippen molar-refractivity contribution in [1.82, 2.24) is 20.1 Å². The molecule has 2 fully saturated rings. The zero-order chi connectivity index (χ0) is 25.3. The molecule has 0 unspecified atom stereocenters. The highest BCUT2D eigenvalue weighted by Crippen LogP contribution is 2.33. The number of likely N-dealkylation sites (tertiary alicyclic amines) is 1. The van der Waals surface area contributed by atoms with E-state index in [2.05, 4.69) is 20.1 Å². The van der Waals surface area contributed by atoms with Crippen LogP contribution in [-0.2, 0) is 16.6 Å². The number of pyridine rings is 1. The summed E-state index contributed by atoms with van der Waals surface area (Å²) in [4.78, 5) is 6.76. The van der Waals surface area contributed by atoms with Gasteiger partial charge in [-0.15, -0.1) is 10.2 Å². The van der Waals surface area contributed by atoms with Crippen molar-refractivity contribution in [3.63, 3.8) is 0 Å². The summed E-state index contributed by atoms with van der Waals surface area (Å²) >= 11 is 6.20. The molecule has 1 saturated heterocycles. The van der Waals surface area contributed by atoms with E-state index in [1.807, 2.05) is 0 Å². The van der Waals surface area contributed by atoms with Crippen LogP contribution in [0.1, 0.15) is 50.1 Å². The number of sulfonamides is 1. The van der Waals surface area contributed by atoms with Gasteiger partial charge in [-0.3, -0.25) is 9.29 Å². The zero-order valence-electron chi connectivity index (χ0n) is 19.4. The minimum Gasteiger partial charge on any atom is -0.415 e. The molecule has 0 bridgehead atoms. The number of hydrogen-bond acceptors (Lipinski definition) is 7. The summed E-state index contributed by atoms with van der Waals surface area (Å²) in [6.07, 6.45) is 3.32. The summed E-state index contributed by atoms with van der Waals surface area (Å²) in [6, 6.07) is 10.5. The third-order valence-electron chi connectivity index (χ3n) is 6.90. The van der Waals surface area contributed by atoms with Gasteiger partial charge in [0.2, 0.25) is 15.9 Å². The summed E-state index contributed by atoms with van der Waals surface area (Å²) in [5.74, 6) is -0.849. The molecule has 8 nitrogen and oxygen atoms in total. The molecule has 3 aromatic rings. The van der Waals surface area contributed by atoms with E-state index in [4.69, 9.17) is 16.0 Å². The molecule has 5 rings (SSSR count). The molecule has 0 N–H and O–H groups in total. The highest BCUT2D eigenvalue weighted by atomic mass is 35.5. The Balaban J connectivity index is 1.37. The van der Waals surface area contributed by atoms with Crippen LogP contribution in [0, 0.1) is 0 Å². The normalized spacial score (nSPS) is 17.9. The van der Waals surface area contributed by atoms with Crippen LogP contribution < -0.4 is 4.31 Å². The second-order valence-electron chi connectivity index (χ2n) is 9.14. The first kappa shape index (κ1) is 25.0. The lowest BCUT2D eigenvalue weighted by Gasteiger charge is -2.42. The highest BCUT2D eigenvalue weighted by Gasteiger charge is 2.37. The quantitative estimate of drug-likeness (QED) is 0.396. The van der Waals surface area contributed by atoms with E-state index in [0.29, 0.717) is 40.9 Å². The largest absolute Gasteiger partial charge is 0.415 e. The Bertz CT molecular complexity index is 1290. The Kier molecular flexibility index (Phi) is 7.23. The van der Waals surface area contributed by atoms with Crippen molar-refractivity contribution in [2.75, 3.05) is 17.4 Å². The average molecular weight is 538 g/mol. The van der Waals surface area contributed by atoms with Crippen LogP contribution in [0.3, 0.4) is 0 Å². The van der Waals surface area contributed by atoms with Crippen LogP contribution in [-0.4, -0.2) is 52.9 Å². The van der Waals surface area contributed by atoms with Crippen molar-refractivity contribution in [3.8, 4) is 11.5 Å². The molecular weight excluding hydrogens is 512 g/mol. The maximum atomic E-state index is 13.8. The van der Waals surface area contributed by atoms with Gasteiger partial charge in [0.05, 0.1) is 28.7 Å². The Labute approximate surface area is 213 Å². The molecule has 1 aliphatic heterocycles. The molecule has 1 aromatic carbocycles. The number of nitrogens with zero attached hydrogens (tertiary/aromatic N) is 5. The lowest BCUT2D eigenvalue weighted by Crippen LogP contribution is -2.49. The lowest BCUT2D eigenvalue weighted by molar-refractivity contribution is 0.106. The van der Waals surface area contributed by atoms with Gasteiger partial charge in [0.1, 0.15) is 0 Å². The topological polar surface area (TPSA) is 92.4 Å². The molecule has 1 aliphatic carbocycles. The summed E-state index contributed by atoms with van der Waals surface area (Å²) in [6.45, 7) is 1.54. The van der Waals surface area contributed by atoms with Crippen LogP contribution in [0.5, 0.6) is 0 Å². The summed E-state index contributed by atoms with van der Waals surface area (Å²) in [5.41, 5.74) is 1.30. The van der Waals surface area contributed by atoms with Crippen molar-refractivity contribution in [1.29, 1.82) is 0 Å². The summed E-state index contributed by atoms with van der Waals surface area (Å²) in [5, 5.41) is 6.88. The predicted molar refractivity (Wildman–Crippen MR) is 131 cm³/mol. The Morgan fingerprint density at radius 2 is 1.89 bits per heavy atom. The fourth-order valence-corrected chi connectivity index (χ4v) is 6.73. The first-order valence-corrected chi connectivity index (χ1v) is 13.8. The SMILES string of the molecule is O=S(=O)(C1CCN(C2CCC2)CC1)N(Cc1ccc(-c2nnc(C(F)F)o2)cn1)c1cccc(Cl)c1. The molecule has 1 saturated carbocycles. The zero-order valence-corrected chi connectivity index (χ0v) is 21.0. The molecule has 0 spiro atoms. The first-order valence-electron chi connectivity index (χ1n) is 11.9. The van der Waals surface area contributed by atoms with Gasteiger partial charge in [-0.05, 0) is 69.1 Å². The maximum absolute atomic E-state index is 13.8. The van der Waals surface area contributed by atoms with Gasteiger partial charge in [-0.25, -0.2) is 8.42 Å². The number of alkyl halides is 2. The Morgan fingerprint density at radius 3 is 2.47 bits per heavy atom. The van der Waals surface area contributed by atoms with Crippen molar-refractivity contribution in [2.24, 2.45) is 0 Å². The number of aromatic nitrogens is 3. The van der Waals surface area contributed by atoms with Gasteiger partial charge < -0.3 is 9.32 Å². The van der Waals surface area contributed by atoms with E-state index in [1.165, 1.54) is 29.8 Å². The minimum absolute atomic E-state index is 0.00207. The van der Waals surface area contributed by atoms with Gasteiger partial charge in [0.15, 0.2) is 0 Å². The van der Waals surface area contributed by atoms with Crippen molar-refractivity contribution < 1.29 is 21.6 Å². The van der Waals surface area contributed by atoms with E-state index in [1.54, 1.807) is 36.4 Å². The Morgan fingerprint density at radius 1 is 1.11 bits per heavy atom. The van der Waals surface area contributed by atoms with Gasteiger partial charge in [-0.2, -0.15) is 8.78 Å². The number of halogens is 3. The molecule has 2 aromatic heterocycles. The van der Waals surface area contributed by atoms with E-state index >= 15 is 0 Å². The highest BCUT2D eigenvalue weighted by molar-refractivity contribution is 7.93. The fraction of sp³-hybridized carbons (Fsp3) is 0.458. The molecule has 3 heterocycles. The molecule has 0 amide bonds. The number of benzene rings is 1. The van der Waals surface area contributed by atoms with E-state index in [9.17, 15) is 17.2 Å². The number of hydrogen-bond donors (Lipinski definition) is 0. The van der Waals surface area contributed by atoms with Gasteiger partial charge in [0.25, 0.3) is 5.89 Å². The third-order valence-corrected chi connectivity index (χ3v) is 9.40. The minimum atomic E-state index is -3.71. The van der Waals surface area contributed by atoms with Gasteiger partial charge >= 0.3 is 6.43 Å². The molecule has 0 atom stereocenters. The second kappa shape index (κ2) is 10.4. The van der Waals surface area contributed by atoms with E-state index in [-0.39, 0.29) is 12.4 Å². The number of anilines is 1. The summed E-state index contributed by atoms with van der Waals surface area (Å²) < 4.78 is 59.5. The van der Waals surface area contributed by atoms with Crippen molar-refractivity contribution in [2.45, 2.75) is 56.4 Å². The molecule has 0 radical (unpaired) electrons. The second-order valence-corrected chi connectivity index (χ2v) is 11.7. The van der Waals surface area contributed by atoms with Crippen LogP contribution in [0.4, 0.5) is 14.5 Å². The van der Waals surface area contributed by atoms with E-state index in [0.717, 1.165) is 13.1 Å². The first-order chi connectivity index (χ1) is 17.3. The number of rotatable bonds is 8. The Hall–Kier alpha value is -2.63. The standard InChI is InChI=1S/C24H26ClF2N5O3S/c25-17-3-1-6-20(13-17)32(36(33,34)21-9-11-31(12-10-21)19-4-2-5-19)15-18-8-7-16(14-28-18)23-29-30-24(35-23)22(26)27/h1,3,6-8,13-14,19,21-22H,2,4-5,9-12,15H2. The molecule has 36 heavy (non-hydrogen) atoms. The lowest BCUT2D eigenvalue weighted by atomic mass is 9.90. The molecular formula is C24H26ClF2N5O3S. The van der Waals surface area contributed by atoms with E-state index < -0.39 is 27.6 Å². The smallest absolute Gasteiger partial charge is 0.314 e. The average Bonchev–Trinajstić information content (AvgIpc) is 3.33. The van der Waals surface area contributed by atoms with Gasteiger partial charge in [-0.1, -0.05) is 24.1 Å². The fourth-order valence-electron chi connectivity index (χ4n) is 4.66.